The van der Waals surface area contributed by atoms with Crippen LogP contribution in [0.2, 0.25) is 0 Å². The second-order valence-electron chi connectivity index (χ2n) is 8.51. The lowest BCUT2D eigenvalue weighted by Gasteiger charge is -2.22. The number of ether oxygens (including phenoxy) is 1. The van der Waals surface area contributed by atoms with E-state index in [1.807, 2.05) is 12.2 Å². The Morgan fingerprint density at radius 1 is 1.00 bits per heavy atom. The van der Waals surface area contributed by atoms with Crippen LogP contribution in [0.25, 0.3) is 11.1 Å². The lowest BCUT2D eigenvalue weighted by Crippen LogP contribution is -2.19. The molecule has 2 N–H and O–H groups in total. The molecule has 3 aromatic carbocycles. The van der Waals surface area contributed by atoms with Crippen LogP contribution in [-0.4, -0.2) is 26.4 Å². The van der Waals surface area contributed by atoms with Gasteiger partial charge in [0.2, 0.25) is 5.91 Å². The van der Waals surface area contributed by atoms with Crippen LogP contribution >= 0.6 is 0 Å². The largest absolute Gasteiger partial charge is 0.573 e. The highest BCUT2D eigenvalue weighted by atomic mass is 32.2. The van der Waals surface area contributed by atoms with Gasteiger partial charge in [-0.25, -0.2) is 8.42 Å². The highest BCUT2D eigenvalue weighted by Crippen LogP contribution is 2.39. The number of rotatable bonds is 8. The highest BCUT2D eigenvalue weighted by molar-refractivity contribution is 7.91. The van der Waals surface area contributed by atoms with E-state index in [0.717, 1.165) is 0 Å². The van der Waals surface area contributed by atoms with Crippen molar-refractivity contribution in [3.63, 3.8) is 0 Å². The van der Waals surface area contributed by atoms with Crippen molar-refractivity contribution in [2.75, 3.05) is 11.1 Å². The Balaban J connectivity index is 1.61. The number of sulfone groups is 1. The van der Waals surface area contributed by atoms with Gasteiger partial charge in [-0.05, 0) is 59.3 Å². The fourth-order valence-corrected chi connectivity index (χ4v) is 4.94. The van der Waals surface area contributed by atoms with Crippen molar-refractivity contribution in [3.05, 3.63) is 102 Å². The van der Waals surface area contributed by atoms with Crippen molar-refractivity contribution in [2.24, 2.45) is 0 Å². The first kappa shape index (κ1) is 27.0. The smallest absolute Gasteiger partial charge is 0.405 e. The molecule has 0 aliphatic carbocycles. The predicted molar refractivity (Wildman–Crippen MR) is 139 cm³/mol. The van der Waals surface area contributed by atoms with E-state index in [-0.39, 0.29) is 40.3 Å². The molecule has 0 saturated heterocycles. The Hall–Kier alpha value is -4.05. The van der Waals surface area contributed by atoms with E-state index in [9.17, 15) is 26.4 Å². The highest BCUT2D eigenvalue weighted by Gasteiger charge is 2.32. The number of nitrogens with one attached hydrogen (secondary N) is 2. The third kappa shape index (κ3) is 6.63. The van der Waals surface area contributed by atoms with E-state index in [1.54, 1.807) is 61.7 Å². The number of carbonyl (C=O) groups is 1. The second kappa shape index (κ2) is 11.1. The maximum Gasteiger partial charge on any atom is 0.573 e. The first-order valence-corrected chi connectivity index (χ1v) is 13.4. The molecular formula is C28H25F3N2O4S. The van der Waals surface area contributed by atoms with Crippen molar-refractivity contribution in [1.29, 1.82) is 0 Å². The molecule has 6 nitrogen and oxygen atoms in total. The molecule has 3 aromatic rings. The molecule has 0 aromatic heterocycles. The summed E-state index contributed by atoms with van der Waals surface area (Å²) in [7, 11) is -3.34. The zero-order chi connectivity index (χ0) is 27.3. The number of hydrogen-bond donors (Lipinski definition) is 2. The summed E-state index contributed by atoms with van der Waals surface area (Å²) in [5, 5.41) is 5.98. The molecule has 4 rings (SSSR count). The van der Waals surface area contributed by atoms with Gasteiger partial charge < -0.3 is 15.4 Å². The standard InChI is InChI=1S/C28H25F3N2O4S/c1-2-38(35,36)21-13-10-19(11-14-21)17-27(34)33-20-12-15-22(24(18-20)25-8-5-6-16-32-25)23-7-3-4-9-26(23)37-28(29,30)31/h3-16,18,25,32H,2,17H2,1H3,(H,33,34). The number of alkyl halides is 3. The second-order valence-corrected chi connectivity index (χ2v) is 10.8. The molecule has 0 radical (unpaired) electrons. The van der Waals surface area contributed by atoms with E-state index < -0.39 is 16.2 Å². The molecule has 0 spiro atoms. The minimum Gasteiger partial charge on any atom is -0.405 e. The number of halogens is 3. The Morgan fingerprint density at radius 2 is 1.74 bits per heavy atom. The molecule has 0 saturated carbocycles. The molecular weight excluding hydrogens is 517 g/mol. The molecule has 1 amide bonds. The van der Waals surface area contributed by atoms with Crippen molar-refractivity contribution in [1.82, 2.24) is 5.32 Å². The maximum atomic E-state index is 13.0. The zero-order valence-corrected chi connectivity index (χ0v) is 21.1. The van der Waals surface area contributed by atoms with Crippen LogP contribution < -0.4 is 15.4 Å². The van der Waals surface area contributed by atoms with Crippen LogP contribution in [0.3, 0.4) is 0 Å². The van der Waals surface area contributed by atoms with Gasteiger partial charge in [0.15, 0.2) is 9.84 Å². The molecule has 0 bridgehead atoms. The first-order chi connectivity index (χ1) is 18.1. The van der Waals surface area contributed by atoms with Gasteiger partial charge in [-0.15, -0.1) is 13.2 Å². The van der Waals surface area contributed by atoms with Crippen LogP contribution in [0.4, 0.5) is 18.9 Å². The summed E-state index contributed by atoms with van der Waals surface area (Å²) < 4.78 is 67.4. The van der Waals surface area contributed by atoms with E-state index in [0.29, 0.717) is 22.4 Å². The van der Waals surface area contributed by atoms with Gasteiger partial charge in [-0.3, -0.25) is 4.79 Å². The van der Waals surface area contributed by atoms with E-state index >= 15 is 0 Å². The number of hydrogen-bond acceptors (Lipinski definition) is 5. The molecule has 38 heavy (non-hydrogen) atoms. The molecule has 1 aliphatic rings. The summed E-state index contributed by atoms with van der Waals surface area (Å²) in [5.41, 5.74) is 2.49. The number of benzene rings is 3. The first-order valence-electron chi connectivity index (χ1n) is 11.8. The lowest BCUT2D eigenvalue weighted by molar-refractivity contribution is -0.274. The van der Waals surface area contributed by atoms with Gasteiger partial charge in [-0.2, -0.15) is 0 Å². The van der Waals surface area contributed by atoms with Crippen LogP contribution in [0.1, 0.15) is 24.1 Å². The predicted octanol–water partition coefficient (Wildman–Crippen LogP) is 5.94. The Morgan fingerprint density at radius 3 is 2.39 bits per heavy atom. The van der Waals surface area contributed by atoms with Crippen molar-refractivity contribution in [2.45, 2.75) is 30.6 Å². The number of dihydropyridines is 1. The summed E-state index contributed by atoms with van der Waals surface area (Å²) in [6.45, 7) is 1.56. The summed E-state index contributed by atoms with van der Waals surface area (Å²) in [6, 6.07) is 16.6. The molecule has 1 aliphatic heterocycles. The number of anilines is 1. The Labute approximate surface area is 218 Å². The summed E-state index contributed by atoms with van der Waals surface area (Å²) in [6.07, 6.45) is 2.34. The zero-order valence-electron chi connectivity index (χ0n) is 20.3. The van der Waals surface area contributed by atoms with Crippen LogP contribution in [0, 0.1) is 0 Å². The lowest BCUT2D eigenvalue weighted by atomic mass is 9.92. The molecule has 0 fully saturated rings. The number of allylic oxidation sites excluding steroid dienone is 2. The van der Waals surface area contributed by atoms with E-state index in [4.69, 9.17) is 0 Å². The Bertz CT molecular complexity index is 1480. The fourth-order valence-electron chi connectivity index (χ4n) is 4.06. The summed E-state index contributed by atoms with van der Waals surface area (Å²) >= 11 is 0. The quantitative estimate of drug-likeness (QED) is 0.368. The molecule has 1 heterocycles. The van der Waals surface area contributed by atoms with E-state index in [1.165, 1.54) is 24.3 Å². The molecule has 10 heteroatoms. The minimum atomic E-state index is -4.85. The number of carbonyl (C=O) groups excluding carboxylic acids is 1. The van der Waals surface area contributed by atoms with Crippen molar-refractivity contribution < 1.29 is 31.1 Å². The topological polar surface area (TPSA) is 84.5 Å². The summed E-state index contributed by atoms with van der Waals surface area (Å²) in [5.74, 6) is -0.678. The Kier molecular flexibility index (Phi) is 7.91. The molecule has 1 atom stereocenters. The van der Waals surface area contributed by atoms with Crippen molar-refractivity contribution in [3.8, 4) is 16.9 Å². The maximum absolute atomic E-state index is 13.0. The third-order valence-corrected chi connectivity index (χ3v) is 7.64. The van der Waals surface area contributed by atoms with E-state index in [2.05, 4.69) is 15.4 Å². The number of amides is 1. The van der Waals surface area contributed by atoms with Gasteiger partial charge >= 0.3 is 6.36 Å². The van der Waals surface area contributed by atoms with Crippen LogP contribution in [0.15, 0.2) is 96.1 Å². The average Bonchev–Trinajstić information content (AvgIpc) is 2.89. The van der Waals surface area contributed by atoms with Gasteiger partial charge in [-0.1, -0.05) is 55.5 Å². The van der Waals surface area contributed by atoms with Crippen molar-refractivity contribution >= 4 is 21.4 Å². The van der Waals surface area contributed by atoms with Gasteiger partial charge in [0, 0.05) is 11.3 Å². The fraction of sp³-hybridized carbons (Fsp3) is 0.179. The number of para-hydroxylation sites is 1. The minimum absolute atomic E-state index is 0.0100. The molecule has 1 unspecified atom stereocenters. The third-order valence-electron chi connectivity index (χ3n) is 5.89. The van der Waals surface area contributed by atoms with Gasteiger partial charge in [0.05, 0.1) is 23.1 Å². The van der Waals surface area contributed by atoms with Gasteiger partial charge in [0.25, 0.3) is 0 Å². The van der Waals surface area contributed by atoms with Crippen LogP contribution in [0.5, 0.6) is 5.75 Å². The average molecular weight is 543 g/mol. The molecule has 198 valence electrons. The monoisotopic (exact) mass is 542 g/mol. The normalized spacial score (nSPS) is 15.1. The SMILES string of the molecule is CCS(=O)(=O)c1ccc(CC(=O)Nc2ccc(-c3ccccc3OC(F)(F)F)c(C3C=CC=CN3)c2)cc1. The summed E-state index contributed by atoms with van der Waals surface area (Å²) in [4.78, 5) is 13.0. The van der Waals surface area contributed by atoms with Gasteiger partial charge in [0.1, 0.15) is 5.75 Å². The van der Waals surface area contributed by atoms with Crippen LogP contribution in [-0.2, 0) is 21.1 Å².